The number of benzene rings is 2. The lowest BCUT2D eigenvalue weighted by Gasteiger charge is -2.17. The minimum absolute atomic E-state index is 0.131. The number of ether oxygens (including phenoxy) is 1. The lowest BCUT2D eigenvalue weighted by molar-refractivity contribution is 0.0527. The maximum atomic E-state index is 12.9. The van der Waals surface area contributed by atoms with Gasteiger partial charge in [0, 0.05) is 24.6 Å². The lowest BCUT2D eigenvalue weighted by Crippen LogP contribution is -2.29. The monoisotopic (exact) mass is 388 g/mol. The van der Waals surface area contributed by atoms with Gasteiger partial charge in [-0.2, -0.15) is 0 Å². The molecule has 0 saturated heterocycles. The molecule has 0 spiro atoms. The molecule has 0 radical (unpaired) electrons. The van der Waals surface area contributed by atoms with Crippen molar-refractivity contribution in [3.05, 3.63) is 77.6 Å². The first-order valence-electron chi connectivity index (χ1n) is 9.42. The van der Waals surface area contributed by atoms with Crippen LogP contribution in [0.3, 0.4) is 0 Å². The van der Waals surface area contributed by atoms with Gasteiger partial charge in [0.1, 0.15) is 0 Å². The highest BCUT2D eigenvalue weighted by atomic mass is 16.5. The molecule has 1 amide bonds. The molecule has 7 nitrogen and oxygen atoms in total. The van der Waals surface area contributed by atoms with E-state index in [1.54, 1.807) is 36.1 Å². The molecule has 1 aromatic heterocycles. The van der Waals surface area contributed by atoms with Crippen molar-refractivity contribution in [2.45, 2.75) is 13.3 Å². The number of nitrogens with one attached hydrogen (secondary N) is 1. The van der Waals surface area contributed by atoms with Gasteiger partial charge in [-0.1, -0.05) is 30.3 Å². The Hall–Kier alpha value is -3.74. The Morgan fingerprint density at radius 2 is 1.79 bits per heavy atom. The third kappa shape index (κ3) is 3.80. The van der Waals surface area contributed by atoms with E-state index in [4.69, 9.17) is 4.74 Å². The van der Waals surface area contributed by atoms with Gasteiger partial charge in [0.15, 0.2) is 0 Å². The topological polar surface area (TPSA) is 84.4 Å². The largest absolute Gasteiger partial charge is 0.462 e. The molecule has 7 heteroatoms. The molecular formula is C22H20N4O3. The molecule has 0 bridgehead atoms. The molecule has 1 aliphatic rings. The summed E-state index contributed by atoms with van der Waals surface area (Å²) >= 11 is 0. The van der Waals surface area contributed by atoms with Crippen molar-refractivity contribution >= 4 is 29.2 Å². The molecule has 0 saturated carbocycles. The van der Waals surface area contributed by atoms with E-state index in [1.165, 1.54) is 12.4 Å². The number of para-hydroxylation sites is 2. The zero-order valence-corrected chi connectivity index (χ0v) is 16.0. The van der Waals surface area contributed by atoms with Crippen LogP contribution in [-0.2, 0) is 11.2 Å². The average Bonchev–Trinajstić information content (AvgIpc) is 3.18. The molecule has 0 atom stereocenters. The van der Waals surface area contributed by atoms with E-state index >= 15 is 0 Å². The SMILES string of the molecule is CCOC(=O)c1ccccc1Nc1ncc(C(=O)N2CCc3ccccc32)cn1. The van der Waals surface area contributed by atoms with Gasteiger partial charge >= 0.3 is 5.97 Å². The predicted molar refractivity (Wildman–Crippen MR) is 110 cm³/mol. The second-order valence-corrected chi connectivity index (χ2v) is 6.52. The van der Waals surface area contributed by atoms with Crippen LogP contribution in [0.25, 0.3) is 0 Å². The van der Waals surface area contributed by atoms with Crippen molar-refractivity contribution in [2.75, 3.05) is 23.4 Å². The van der Waals surface area contributed by atoms with Crippen LogP contribution in [0.5, 0.6) is 0 Å². The summed E-state index contributed by atoms with van der Waals surface area (Å²) < 4.78 is 5.07. The molecule has 0 aliphatic carbocycles. The van der Waals surface area contributed by atoms with Crippen LogP contribution in [-0.4, -0.2) is 35.0 Å². The zero-order chi connectivity index (χ0) is 20.2. The highest BCUT2D eigenvalue weighted by Crippen LogP contribution is 2.28. The minimum Gasteiger partial charge on any atom is -0.462 e. The third-order valence-electron chi connectivity index (χ3n) is 4.70. The van der Waals surface area contributed by atoms with Gasteiger partial charge in [-0.3, -0.25) is 4.79 Å². The first-order chi connectivity index (χ1) is 14.2. The standard InChI is InChI=1S/C22H20N4O3/c1-2-29-21(28)17-8-4-5-9-18(17)25-22-23-13-16(14-24-22)20(27)26-12-11-15-7-3-6-10-19(15)26/h3-10,13-14H,2,11-12H2,1H3,(H,23,24,25). The number of esters is 1. The van der Waals surface area contributed by atoms with Crippen molar-refractivity contribution in [3.63, 3.8) is 0 Å². The molecule has 0 fully saturated rings. The van der Waals surface area contributed by atoms with Gasteiger partial charge in [-0.15, -0.1) is 0 Å². The number of anilines is 3. The maximum absolute atomic E-state index is 12.9. The molecule has 29 heavy (non-hydrogen) atoms. The summed E-state index contributed by atoms with van der Waals surface area (Å²) in [5.74, 6) is -0.261. The number of carbonyl (C=O) groups excluding carboxylic acids is 2. The Bertz CT molecular complexity index is 1050. The van der Waals surface area contributed by atoms with E-state index in [0.29, 0.717) is 35.9 Å². The summed E-state index contributed by atoms with van der Waals surface area (Å²) in [6, 6.07) is 14.9. The molecule has 0 unspecified atom stereocenters. The Labute approximate surface area is 168 Å². The fourth-order valence-corrected chi connectivity index (χ4v) is 3.31. The van der Waals surface area contributed by atoms with E-state index < -0.39 is 5.97 Å². The first-order valence-corrected chi connectivity index (χ1v) is 9.42. The second kappa shape index (κ2) is 8.10. The quantitative estimate of drug-likeness (QED) is 0.673. The van der Waals surface area contributed by atoms with Crippen LogP contribution in [0, 0.1) is 0 Å². The number of aromatic nitrogens is 2. The lowest BCUT2D eigenvalue weighted by atomic mass is 10.2. The summed E-state index contributed by atoms with van der Waals surface area (Å²) in [6.07, 6.45) is 3.82. The van der Waals surface area contributed by atoms with Gasteiger partial charge in [0.2, 0.25) is 5.95 Å². The molecular weight excluding hydrogens is 368 g/mol. The van der Waals surface area contributed by atoms with Crippen LogP contribution in [0.4, 0.5) is 17.3 Å². The van der Waals surface area contributed by atoms with E-state index in [0.717, 1.165) is 17.7 Å². The van der Waals surface area contributed by atoms with E-state index in [-0.39, 0.29) is 5.91 Å². The van der Waals surface area contributed by atoms with Crippen LogP contribution in [0.15, 0.2) is 60.9 Å². The van der Waals surface area contributed by atoms with E-state index in [1.807, 2.05) is 24.3 Å². The number of hydrogen-bond acceptors (Lipinski definition) is 6. The normalized spacial score (nSPS) is 12.4. The van der Waals surface area contributed by atoms with Crippen molar-refractivity contribution in [2.24, 2.45) is 0 Å². The number of fused-ring (bicyclic) bond motifs is 1. The summed E-state index contributed by atoms with van der Waals surface area (Å²) in [5.41, 5.74) is 3.44. The summed E-state index contributed by atoms with van der Waals surface area (Å²) in [7, 11) is 0. The fraction of sp³-hybridized carbons (Fsp3) is 0.182. The van der Waals surface area contributed by atoms with Gasteiger partial charge in [-0.05, 0) is 37.1 Å². The number of hydrogen-bond donors (Lipinski definition) is 1. The molecule has 2 aromatic carbocycles. The van der Waals surface area contributed by atoms with Crippen molar-refractivity contribution < 1.29 is 14.3 Å². The van der Waals surface area contributed by atoms with Gasteiger partial charge in [0.05, 0.1) is 23.4 Å². The summed E-state index contributed by atoms with van der Waals surface area (Å²) in [6.45, 7) is 2.69. The van der Waals surface area contributed by atoms with Crippen molar-refractivity contribution in [1.29, 1.82) is 0 Å². The van der Waals surface area contributed by atoms with Crippen molar-refractivity contribution in [1.82, 2.24) is 9.97 Å². The number of nitrogens with zero attached hydrogens (tertiary/aromatic N) is 3. The third-order valence-corrected chi connectivity index (χ3v) is 4.70. The van der Waals surface area contributed by atoms with Crippen LogP contribution >= 0.6 is 0 Å². The highest BCUT2D eigenvalue weighted by Gasteiger charge is 2.25. The van der Waals surface area contributed by atoms with Crippen LogP contribution in [0.2, 0.25) is 0 Å². The molecule has 2 heterocycles. The molecule has 1 aliphatic heterocycles. The Kier molecular flexibility index (Phi) is 5.20. The van der Waals surface area contributed by atoms with Crippen LogP contribution < -0.4 is 10.2 Å². The molecule has 3 aromatic rings. The van der Waals surface area contributed by atoms with Crippen molar-refractivity contribution in [3.8, 4) is 0 Å². The molecule has 1 N–H and O–H groups in total. The number of carbonyl (C=O) groups is 2. The van der Waals surface area contributed by atoms with Gasteiger partial charge in [0.25, 0.3) is 5.91 Å². The van der Waals surface area contributed by atoms with Gasteiger partial charge < -0.3 is 15.0 Å². The smallest absolute Gasteiger partial charge is 0.340 e. The maximum Gasteiger partial charge on any atom is 0.340 e. The summed E-state index contributed by atoms with van der Waals surface area (Å²) in [5, 5.41) is 3.02. The van der Waals surface area contributed by atoms with Gasteiger partial charge in [-0.25, -0.2) is 14.8 Å². The Balaban J connectivity index is 1.51. The van der Waals surface area contributed by atoms with E-state index in [2.05, 4.69) is 15.3 Å². The fourth-order valence-electron chi connectivity index (χ4n) is 3.31. The number of amides is 1. The minimum atomic E-state index is -0.421. The first kappa shape index (κ1) is 18.6. The Morgan fingerprint density at radius 3 is 2.59 bits per heavy atom. The zero-order valence-electron chi connectivity index (χ0n) is 16.0. The van der Waals surface area contributed by atoms with E-state index in [9.17, 15) is 9.59 Å². The Morgan fingerprint density at radius 1 is 1.07 bits per heavy atom. The van der Waals surface area contributed by atoms with Crippen LogP contribution in [0.1, 0.15) is 33.2 Å². The number of rotatable bonds is 5. The summed E-state index contributed by atoms with van der Waals surface area (Å²) in [4.78, 5) is 35.2. The highest BCUT2D eigenvalue weighted by molar-refractivity contribution is 6.07. The second-order valence-electron chi connectivity index (χ2n) is 6.52. The average molecular weight is 388 g/mol. The molecule has 4 rings (SSSR count). The predicted octanol–water partition coefficient (Wildman–Crippen LogP) is 3.60. The molecule has 146 valence electrons.